The molecule has 2 aliphatic heterocycles. The molecule has 4 heterocycles. The summed E-state index contributed by atoms with van der Waals surface area (Å²) >= 11 is 0. The summed E-state index contributed by atoms with van der Waals surface area (Å²) in [5, 5.41) is 19.4. The van der Waals surface area contributed by atoms with E-state index in [1.165, 1.54) is 10.6 Å². The fourth-order valence-electron chi connectivity index (χ4n) is 3.75. The van der Waals surface area contributed by atoms with Gasteiger partial charge in [0.15, 0.2) is 5.65 Å². The van der Waals surface area contributed by atoms with Crippen molar-refractivity contribution in [3.63, 3.8) is 0 Å². The zero-order chi connectivity index (χ0) is 20.3. The predicted octanol–water partition coefficient (Wildman–Crippen LogP) is 2.67. The van der Waals surface area contributed by atoms with Crippen LogP contribution >= 0.6 is 0 Å². The number of hydrogen-bond donors (Lipinski definition) is 3. The second kappa shape index (κ2) is 8.73. The third kappa shape index (κ3) is 5.41. The van der Waals surface area contributed by atoms with Gasteiger partial charge in [0.05, 0.1) is 11.1 Å². The Morgan fingerprint density at radius 2 is 1.82 bits per heavy atom. The molecular formula is C20H34N4O4. The fourth-order valence-corrected chi connectivity index (χ4v) is 3.75. The van der Waals surface area contributed by atoms with Crippen LogP contribution in [0, 0.1) is 0 Å². The molecule has 8 nitrogen and oxygen atoms in total. The molecule has 0 aliphatic carbocycles. The van der Waals surface area contributed by atoms with Crippen LogP contribution in [0.15, 0.2) is 17.1 Å². The molecule has 0 saturated carbocycles. The van der Waals surface area contributed by atoms with Crippen LogP contribution in [0.25, 0.3) is 11.2 Å². The normalized spacial score (nSPS) is 20.2. The van der Waals surface area contributed by atoms with Crippen molar-refractivity contribution in [1.29, 1.82) is 0 Å². The summed E-state index contributed by atoms with van der Waals surface area (Å²) in [7, 11) is 0. The Bertz CT molecular complexity index is 825. The lowest BCUT2D eigenvalue weighted by atomic mass is 9.93. The highest BCUT2D eigenvalue weighted by Gasteiger charge is 2.24. The molecule has 3 N–H and O–H groups in total. The molecule has 28 heavy (non-hydrogen) atoms. The number of hydrogen-bond acceptors (Lipinski definition) is 6. The van der Waals surface area contributed by atoms with E-state index in [4.69, 9.17) is 9.84 Å². The van der Waals surface area contributed by atoms with Crippen molar-refractivity contribution in [1.82, 2.24) is 19.6 Å². The number of imidazole rings is 1. The molecule has 0 bridgehead atoms. The van der Waals surface area contributed by atoms with Gasteiger partial charge in [-0.25, -0.2) is 9.78 Å². The molecule has 4 rings (SSSR count). The SMILES string of the molecule is CC(C)(C)O.O=c1[nH]c2ncc(C3CCOCC3)cc2n1C1CCN(O)CC1.[HH]. The molecule has 0 radical (unpaired) electrons. The van der Waals surface area contributed by atoms with E-state index >= 15 is 0 Å². The van der Waals surface area contributed by atoms with E-state index in [9.17, 15) is 10.0 Å². The summed E-state index contributed by atoms with van der Waals surface area (Å²) in [5.74, 6) is 0.457. The van der Waals surface area contributed by atoms with Gasteiger partial charge in [0.2, 0.25) is 0 Å². The van der Waals surface area contributed by atoms with Crippen molar-refractivity contribution < 1.29 is 16.5 Å². The van der Waals surface area contributed by atoms with E-state index in [1.54, 1.807) is 20.8 Å². The highest BCUT2D eigenvalue weighted by atomic mass is 16.5. The number of nitrogens with one attached hydrogen (secondary N) is 1. The van der Waals surface area contributed by atoms with Crippen molar-refractivity contribution in [2.24, 2.45) is 0 Å². The van der Waals surface area contributed by atoms with Gasteiger partial charge in [-0.3, -0.25) is 9.55 Å². The van der Waals surface area contributed by atoms with Gasteiger partial charge in [0, 0.05) is 40.0 Å². The number of rotatable bonds is 2. The van der Waals surface area contributed by atoms with Gasteiger partial charge in [0.1, 0.15) is 0 Å². The molecule has 2 aliphatic rings. The highest BCUT2D eigenvalue weighted by Crippen LogP contribution is 2.29. The molecule has 0 aromatic carbocycles. The Morgan fingerprint density at radius 1 is 1.21 bits per heavy atom. The Balaban J connectivity index is 0.000000450. The monoisotopic (exact) mass is 394 g/mol. The average Bonchev–Trinajstić information content (AvgIpc) is 2.97. The van der Waals surface area contributed by atoms with E-state index in [-0.39, 0.29) is 13.2 Å². The summed E-state index contributed by atoms with van der Waals surface area (Å²) < 4.78 is 7.26. The van der Waals surface area contributed by atoms with Gasteiger partial charge in [-0.05, 0) is 64.0 Å². The first-order valence-electron chi connectivity index (χ1n) is 10.1. The smallest absolute Gasteiger partial charge is 0.327 e. The third-order valence-electron chi connectivity index (χ3n) is 5.09. The molecule has 2 aromatic rings. The number of aromatic nitrogens is 3. The first-order chi connectivity index (χ1) is 13.2. The second-order valence-corrected chi connectivity index (χ2v) is 8.68. The number of piperidine rings is 1. The first kappa shape index (κ1) is 21.0. The molecule has 2 aromatic heterocycles. The number of aliphatic hydroxyl groups is 1. The van der Waals surface area contributed by atoms with E-state index in [0.29, 0.717) is 24.7 Å². The summed E-state index contributed by atoms with van der Waals surface area (Å²) in [4.78, 5) is 19.7. The Morgan fingerprint density at radius 3 is 2.43 bits per heavy atom. The number of ether oxygens (including phenoxy) is 1. The Kier molecular flexibility index (Phi) is 6.54. The van der Waals surface area contributed by atoms with Gasteiger partial charge >= 0.3 is 5.69 Å². The molecule has 2 saturated heterocycles. The average molecular weight is 395 g/mol. The summed E-state index contributed by atoms with van der Waals surface area (Å²) in [6.07, 6.45) is 5.43. The topological polar surface area (TPSA) is 104 Å². The minimum absolute atomic E-state index is 0. The highest BCUT2D eigenvalue weighted by molar-refractivity contribution is 5.71. The maximum absolute atomic E-state index is 12.4. The second-order valence-electron chi connectivity index (χ2n) is 8.68. The number of aromatic amines is 1. The summed E-state index contributed by atoms with van der Waals surface area (Å²) in [6.45, 7) is 8.00. The molecule has 0 atom stereocenters. The number of H-pyrrole nitrogens is 1. The Hall–Kier alpha value is -1.74. The first-order valence-corrected chi connectivity index (χ1v) is 10.1. The number of pyridine rings is 1. The van der Waals surface area contributed by atoms with Crippen molar-refractivity contribution >= 4 is 11.2 Å². The zero-order valence-electron chi connectivity index (χ0n) is 17.0. The maximum atomic E-state index is 12.4. The van der Waals surface area contributed by atoms with Crippen molar-refractivity contribution in [2.75, 3.05) is 26.3 Å². The van der Waals surface area contributed by atoms with Crippen molar-refractivity contribution in [3.8, 4) is 0 Å². The summed E-state index contributed by atoms with van der Waals surface area (Å²) in [5.41, 5.74) is 2.12. The molecule has 0 spiro atoms. The van der Waals surface area contributed by atoms with Crippen LogP contribution in [-0.4, -0.2) is 61.8 Å². The molecule has 0 amide bonds. The minimum atomic E-state index is -0.500. The van der Waals surface area contributed by atoms with E-state index in [0.717, 1.165) is 44.4 Å². The van der Waals surface area contributed by atoms with Gasteiger partial charge < -0.3 is 15.1 Å². The van der Waals surface area contributed by atoms with Crippen LogP contribution in [0.5, 0.6) is 0 Å². The van der Waals surface area contributed by atoms with E-state index < -0.39 is 5.60 Å². The van der Waals surface area contributed by atoms with Crippen LogP contribution in [0.4, 0.5) is 0 Å². The maximum Gasteiger partial charge on any atom is 0.327 e. The summed E-state index contributed by atoms with van der Waals surface area (Å²) in [6, 6.07) is 2.23. The van der Waals surface area contributed by atoms with Crippen LogP contribution in [-0.2, 0) is 4.74 Å². The van der Waals surface area contributed by atoms with Crippen molar-refractivity contribution in [2.45, 2.75) is 64.0 Å². The van der Waals surface area contributed by atoms with Gasteiger partial charge in [-0.1, -0.05) is 0 Å². The van der Waals surface area contributed by atoms with Crippen LogP contribution in [0.1, 0.15) is 65.4 Å². The molecular weight excluding hydrogens is 360 g/mol. The lowest BCUT2D eigenvalue weighted by Gasteiger charge is -2.28. The zero-order valence-corrected chi connectivity index (χ0v) is 17.0. The van der Waals surface area contributed by atoms with Gasteiger partial charge in [-0.2, -0.15) is 5.06 Å². The molecule has 158 valence electrons. The van der Waals surface area contributed by atoms with Crippen LogP contribution < -0.4 is 5.69 Å². The third-order valence-corrected chi connectivity index (χ3v) is 5.09. The molecule has 2 fully saturated rings. The van der Waals surface area contributed by atoms with E-state index in [2.05, 4.69) is 16.0 Å². The Labute approximate surface area is 166 Å². The van der Waals surface area contributed by atoms with Gasteiger partial charge in [0.25, 0.3) is 0 Å². The predicted molar refractivity (Wildman–Crippen MR) is 109 cm³/mol. The lowest BCUT2D eigenvalue weighted by Crippen LogP contribution is -2.35. The minimum Gasteiger partial charge on any atom is -0.391 e. The van der Waals surface area contributed by atoms with Crippen molar-refractivity contribution in [3.05, 3.63) is 28.3 Å². The standard InChI is InChI=1S/C16H22N4O3.C4H10O.H2/c21-16-18-15-14(20(16)13-1-5-19(22)6-2-13)9-12(10-17-15)11-3-7-23-8-4-11;1-4(2,3)5;/h9-11,13,22H,1-8H2,(H,17,18,21);5H,1-3H3;1H. The molecule has 0 unspecified atom stereocenters. The largest absolute Gasteiger partial charge is 0.391 e. The quantitative estimate of drug-likeness (QED) is 0.723. The number of fused-ring (bicyclic) bond motifs is 1. The van der Waals surface area contributed by atoms with E-state index in [1.807, 2.05) is 10.8 Å². The van der Waals surface area contributed by atoms with Gasteiger partial charge in [-0.15, -0.1) is 0 Å². The number of hydroxylamine groups is 2. The van der Waals surface area contributed by atoms with Crippen LogP contribution in [0.2, 0.25) is 0 Å². The van der Waals surface area contributed by atoms with Crippen LogP contribution in [0.3, 0.4) is 0 Å². The fraction of sp³-hybridized carbons (Fsp3) is 0.700. The number of nitrogens with zero attached hydrogens (tertiary/aromatic N) is 3. The lowest BCUT2D eigenvalue weighted by molar-refractivity contribution is -0.110. The molecule has 8 heteroatoms.